The molecule has 19 heavy (non-hydrogen) atoms. The van der Waals surface area contributed by atoms with Crippen LogP contribution in [0, 0.1) is 5.92 Å². The Bertz CT molecular complexity index is 518. The van der Waals surface area contributed by atoms with E-state index in [1.54, 1.807) is 17.4 Å². The third-order valence-electron chi connectivity index (χ3n) is 4.04. The highest BCUT2D eigenvalue weighted by Crippen LogP contribution is 2.25. The Kier molecular flexibility index (Phi) is 4.27. The fourth-order valence-corrected chi connectivity index (χ4v) is 4.17. The van der Waals surface area contributed by atoms with E-state index in [4.69, 9.17) is 0 Å². The molecule has 2 rings (SSSR count). The van der Waals surface area contributed by atoms with Gasteiger partial charge in [-0.25, -0.2) is 8.42 Å². The molecule has 1 aliphatic heterocycles. The van der Waals surface area contributed by atoms with Crippen molar-refractivity contribution >= 4 is 10.0 Å². The van der Waals surface area contributed by atoms with Gasteiger partial charge in [0.1, 0.15) is 0 Å². The van der Waals surface area contributed by atoms with Crippen LogP contribution in [0.15, 0.2) is 17.3 Å². The second kappa shape index (κ2) is 5.60. The van der Waals surface area contributed by atoms with Crippen LogP contribution < -0.4 is 5.32 Å². The number of aryl methyl sites for hydroxylation is 1. The van der Waals surface area contributed by atoms with Crippen molar-refractivity contribution in [3.63, 3.8) is 0 Å². The van der Waals surface area contributed by atoms with Crippen LogP contribution in [-0.2, 0) is 17.1 Å². The van der Waals surface area contributed by atoms with Crippen LogP contribution in [0.3, 0.4) is 0 Å². The molecule has 1 atom stereocenters. The molecule has 2 heterocycles. The second-order valence-electron chi connectivity index (χ2n) is 5.11. The van der Waals surface area contributed by atoms with Crippen LogP contribution >= 0.6 is 0 Å². The zero-order valence-electron chi connectivity index (χ0n) is 11.7. The average Bonchev–Trinajstić information content (AvgIpc) is 2.85. The molecule has 1 N–H and O–H groups in total. The number of rotatable bonds is 4. The molecule has 1 aromatic heterocycles. The summed E-state index contributed by atoms with van der Waals surface area (Å²) < 4.78 is 27.9. The maximum Gasteiger partial charge on any atom is 0.260 e. The van der Waals surface area contributed by atoms with E-state index >= 15 is 0 Å². The van der Waals surface area contributed by atoms with Crippen molar-refractivity contribution in [1.29, 1.82) is 0 Å². The van der Waals surface area contributed by atoms with Gasteiger partial charge < -0.3 is 5.32 Å². The van der Waals surface area contributed by atoms with Gasteiger partial charge in [0.15, 0.2) is 5.03 Å². The Morgan fingerprint density at radius 1 is 1.42 bits per heavy atom. The van der Waals surface area contributed by atoms with Crippen LogP contribution in [-0.4, -0.2) is 48.7 Å². The summed E-state index contributed by atoms with van der Waals surface area (Å²) in [4.78, 5) is 0. The topological polar surface area (TPSA) is 67.2 Å². The number of hydrogen-bond acceptors (Lipinski definition) is 4. The standard InChI is InChI=1S/C12H22N4O2S/c1-10(13-2)11-5-8-16(9-6-11)19(17,18)12-4-7-14-15(12)3/h4,7,10-11,13H,5-6,8-9H2,1-3H3. The molecule has 7 heteroatoms. The van der Waals surface area contributed by atoms with Gasteiger partial charge in [0.25, 0.3) is 10.0 Å². The van der Waals surface area contributed by atoms with Crippen molar-refractivity contribution in [1.82, 2.24) is 19.4 Å². The smallest absolute Gasteiger partial charge is 0.260 e. The van der Waals surface area contributed by atoms with E-state index in [1.807, 2.05) is 7.05 Å². The van der Waals surface area contributed by atoms with Crippen molar-refractivity contribution in [2.45, 2.75) is 30.8 Å². The molecule has 6 nitrogen and oxygen atoms in total. The largest absolute Gasteiger partial charge is 0.317 e. The number of sulfonamides is 1. The van der Waals surface area contributed by atoms with Crippen molar-refractivity contribution in [3.8, 4) is 0 Å². The highest BCUT2D eigenvalue weighted by molar-refractivity contribution is 7.89. The fourth-order valence-electron chi connectivity index (χ4n) is 2.60. The van der Waals surface area contributed by atoms with Gasteiger partial charge in [0.05, 0.1) is 6.20 Å². The molecule has 1 aliphatic rings. The van der Waals surface area contributed by atoms with Gasteiger partial charge in [0, 0.05) is 26.2 Å². The zero-order chi connectivity index (χ0) is 14.0. The van der Waals surface area contributed by atoms with Crippen molar-refractivity contribution < 1.29 is 8.42 Å². The minimum absolute atomic E-state index is 0.271. The Morgan fingerprint density at radius 3 is 2.53 bits per heavy atom. The van der Waals surface area contributed by atoms with Crippen LogP contribution in [0.5, 0.6) is 0 Å². The van der Waals surface area contributed by atoms with Gasteiger partial charge in [-0.05, 0) is 38.8 Å². The van der Waals surface area contributed by atoms with Gasteiger partial charge in [-0.1, -0.05) is 0 Å². The van der Waals surface area contributed by atoms with Crippen molar-refractivity contribution in [2.24, 2.45) is 13.0 Å². The molecule has 1 fully saturated rings. The lowest BCUT2D eigenvalue weighted by atomic mass is 9.91. The lowest BCUT2D eigenvalue weighted by molar-refractivity contribution is 0.236. The molecule has 108 valence electrons. The van der Waals surface area contributed by atoms with E-state index in [-0.39, 0.29) is 5.03 Å². The molecular formula is C12H22N4O2S. The predicted octanol–water partition coefficient (Wildman–Crippen LogP) is 0.429. The Hall–Kier alpha value is -0.920. The third kappa shape index (κ3) is 2.82. The molecule has 0 aromatic carbocycles. The van der Waals surface area contributed by atoms with E-state index in [0.717, 1.165) is 12.8 Å². The maximum absolute atomic E-state index is 12.5. The number of nitrogens with zero attached hydrogens (tertiary/aromatic N) is 3. The van der Waals surface area contributed by atoms with E-state index < -0.39 is 10.0 Å². The van der Waals surface area contributed by atoms with Crippen molar-refractivity contribution in [2.75, 3.05) is 20.1 Å². The summed E-state index contributed by atoms with van der Waals surface area (Å²) in [5.74, 6) is 0.544. The molecule has 1 saturated heterocycles. The molecule has 0 aliphatic carbocycles. The minimum atomic E-state index is -3.39. The zero-order valence-corrected chi connectivity index (χ0v) is 12.5. The summed E-state index contributed by atoms with van der Waals surface area (Å²) in [6.45, 7) is 3.32. The summed E-state index contributed by atoms with van der Waals surface area (Å²) in [5, 5.41) is 7.45. The van der Waals surface area contributed by atoms with Crippen LogP contribution in [0.25, 0.3) is 0 Å². The number of nitrogens with one attached hydrogen (secondary N) is 1. The average molecular weight is 286 g/mol. The fraction of sp³-hybridized carbons (Fsp3) is 0.750. The van der Waals surface area contributed by atoms with Gasteiger partial charge in [-0.15, -0.1) is 0 Å². The monoisotopic (exact) mass is 286 g/mol. The first-order chi connectivity index (χ1) is 8.96. The van der Waals surface area contributed by atoms with Crippen molar-refractivity contribution in [3.05, 3.63) is 12.3 Å². The van der Waals surface area contributed by atoms with Crippen LogP contribution in [0.1, 0.15) is 19.8 Å². The SMILES string of the molecule is CNC(C)C1CCN(S(=O)(=O)c2ccnn2C)CC1. The quantitative estimate of drug-likeness (QED) is 0.871. The summed E-state index contributed by atoms with van der Waals surface area (Å²) in [7, 11) is 0.211. The highest BCUT2D eigenvalue weighted by atomic mass is 32.2. The van der Waals surface area contributed by atoms with E-state index in [9.17, 15) is 8.42 Å². The van der Waals surface area contributed by atoms with Gasteiger partial charge >= 0.3 is 0 Å². The predicted molar refractivity (Wildman–Crippen MR) is 73.2 cm³/mol. The summed E-state index contributed by atoms with van der Waals surface area (Å²) in [6.07, 6.45) is 3.32. The molecule has 0 bridgehead atoms. The molecule has 0 saturated carbocycles. The van der Waals surface area contributed by atoms with Gasteiger partial charge in [-0.3, -0.25) is 4.68 Å². The minimum Gasteiger partial charge on any atom is -0.317 e. The number of hydrogen-bond donors (Lipinski definition) is 1. The molecule has 0 spiro atoms. The molecule has 1 aromatic rings. The summed E-state index contributed by atoms with van der Waals surface area (Å²) >= 11 is 0. The van der Waals surface area contributed by atoms with Crippen LogP contribution in [0.2, 0.25) is 0 Å². The number of piperidine rings is 1. The first-order valence-electron chi connectivity index (χ1n) is 6.62. The summed E-state index contributed by atoms with van der Waals surface area (Å²) in [6, 6.07) is 1.99. The Labute approximate surface area is 114 Å². The van der Waals surface area contributed by atoms with E-state index in [2.05, 4.69) is 17.3 Å². The molecular weight excluding hydrogens is 264 g/mol. The Balaban J connectivity index is 2.08. The lowest BCUT2D eigenvalue weighted by Gasteiger charge is -2.33. The van der Waals surface area contributed by atoms with E-state index in [1.165, 1.54) is 10.9 Å². The summed E-state index contributed by atoms with van der Waals surface area (Å²) in [5.41, 5.74) is 0. The Morgan fingerprint density at radius 2 is 2.05 bits per heavy atom. The van der Waals surface area contributed by atoms with Gasteiger partial charge in [0.2, 0.25) is 0 Å². The normalized spacial score (nSPS) is 20.6. The second-order valence-corrected chi connectivity index (χ2v) is 7.00. The molecule has 0 amide bonds. The first-order valence-corrected chi connectivity index (χ1v) is 8.06. The molecule has 0 radical (unpaired) electrons. The first kappa shape index (κ1) is 14.5. The van der Waals surface area contributed by atoms with Gasteiger partial charge in [-0.2, -0.15) is 9.40 Å². The highest BCUT2D eigenvalue weighted by Gasteiger charge is 2.32. The number of aromatic nitrogens is 2. The van der Waals surface area contributed by atoms with Crippen LogP contribution in [0.4, 0.5) is 0 Å². The third-order valence-corrected chi connectivity index (χ3v) is 6.02. The maximum atomic E-state index is 12.5. The molecule has 1 unspecified atom stereocenters. The van der Waals surface area contributed by atoms with E-state index in [0.29, 0.717) is 25.0 Å². The lowest BCUT2D eigenvalue weighted by Crippen LogP contribution is -2.43.